The van der Waals surface area contributed by atoms with Gasteiger partial charge >= 0.3 is 0 Å². The van der Waals surface area contributed by atoms with Crippen molar-refractivity contribution in [2.24, 2.45) is 0 Å². The number of benzene rings is 2. The molecular weight excluding hydrogens is 340 g/mol. The van der Waals surface area contributed by atoms with E-state index in [2.05, 4.69) is 5.32 Å². The van der Waals surface area contributed by atoms with Crippen LogP contribution in [0.3, 0.4) is 0 Å². The zero-order chi connectivity index (χ0) is 18.7. The summed E-state index contributed by atoms with van der Waals surface area (Å²) < 4.78 is 17.1. The molecule has 1 aliphatic carbocycles. The quantitative estimate of drug-likeness (QED) is 0.465. The molecule has 146 valence electrons. The van der Waals surface area contributed by atoms with Gasteiger partial charge in [-0.05, 0) is 54.8 Å². The second kappa shape index (κ2) is 10.8. The van der Waals surface area contributed by atoms with Gasteiger partial charge in [0, 0.05) is 18.3 Å². The minimum absolute atomic E-state index is 0.517. The van der Waals surface area contributed by atoms with Crippen molar-refractivity contribution in [3.63, 3.8) is 0 Å². The third-order valence-corrected chi connectivity index (χ3v) is 4.74. The first-order valence-corrected chi connectivity index (χ1v) is 9.81. The fourth-order valence-electron chi connectivity index (χ4n) is 3.20. The Bertz CT molecular complexity index is 652. The summed E-state index contributed by atoms with van der Waals surface area (Å²) >= 11 is 0. The van der Waals surface area contributed by atoms with Gasteiger partial charge in [0.2, 0.25) is 0 Å². The Morgan fingerprint density at radius 2 is 1.48 bits per heavy atom. The molecule has 0 heterocycles. The summed E-state index contributed by atoms with van der Waals surface area (Å²) in [6.07, 6.45) is 5.33. The smallest absolute Gasteiger partial charge is 0.120 e. The van der Waals surface area contributed by atoms with Crippen LogP contribution in [0, 0.1) is 0 Å². The second-order valence-corrected chi connectivity index (χ2v) is 6.90. The molecule has 1 saturated carbocycles. The third kappa shape index (κ3) is 7.12. The van der Waals surface area contributed by atoms with Crippen molar-refractivity contribution >= 4 is 5.69 Å². The summed E-state index contributed by atoms with van der Waals surface area (Å²) in [5.74, 6) is 1.64. The molecule has 3 N–H and O–H groups in total. The van der Waals surface area contributed by atoms with Gasteiger partial charge in [-0.2, -0.15) is 0 Å². The summed E-state index contributed by atoms with van der Waals surface area (Å²) in [5, 5.41) is 3.54. The summed E-state index contributed by atoms with van der Waals surface area (Å²) in [7, 11) is 0. The molecular formula is C22H30N2O3. The average Bonchev–Trinajstić information content (AvgIpc) is 3.21. The van der Waals surface area contributed by atoms with E-state index in [-0.39, 0.29) is 0 Å². The summed E-state index contributed by atoms with van der Waals surface area (Å²) in [6.45, 7) is 3.32. The van der Waals surface area contributed by atoms with Crippen molar-refractivity contribution in [3.05, 3.63) is 54.1 Å². The van der Waals surface area contributed by atoms with Gasteiger partial charge in [0.15, 0.2) is 0 Å². The van der Waals surface area contributed by atoms with E-state index in [0.717, 1.165) is 35.9 Å². The lowest BCUT2D eigenvalue weighted by Gasteiger charge is -2.12. The lowest BCUT2D eigenvalue weighted by Crippen LogP contribution is -2.29. The minimum Gasteiger partial charge on any atom is -0.491 e. The molecule has 27 heavy (non-hydrogen) atoms. The number of ether oxygens (including phenoxy) is 3. The van der Waals surface area contributed by atoms with Crippen LogP contribution in [0.1, 0.15) is 31.2 Å². The van der Waals surface area contributed by atoms with E-state index in [9.17, 15) is 0 Å². The topological polar surface area (TPSA) is 65.7 Å². The van der Waals surface area contributed by atoms with E-state index >= 15 is 0 Å². The summed E-state index contributed by atoms with van der Waals surface area (Å²) in [6, 6.07) is 16.1. The van der Waals surface area contributed by atoms with Gasteiger partial charge < -0.3 is 25.3 Å². The monoisotopic (exact) mass is 370 g/mol. The lowest BCUT2D eigenvalue weighted by molar-refractivity contribution is 0.100. The van der Waals surface area contributed by atoms with E-state index in [1.807, 2.05) is 48.5 Å². The molecule has 0 amide bonds. The fourth-order valence-corrected chi connectivity index (χ4v) is 3.20. The van der Waals surface area contributed by atoms with Crippen LogP contribution in [-0.2, 0) is 11.3 Å². The molecule has 0 atom stereocenters. The van der Waals surface area contributed by atoms with Crippen LogP contribution in [0.2, 0.25) is 0 Å². The molecule has 1 aliphatic rings. The van der Waals surface area contributed by atoms with Crippen molar-refractivity contribution in [1.82, 2.24) is 5.32 Å². The molecule has 0 aliphatic heterocycles. The highest BCUT2D eigenvalue weighted by Crippen LogP contribution is 2.19. The van der Waals surface area contributed by atoms with Crippen molar-refractivity contribution in [2.45, 2.75) is 38.3 Å². The highest BCUT2D eigenvalue weighted by Gasteiger charge is 2.13. The van der Waals surface area contributed by atoms with E-state index in [4.69, 9.17) is 19.9 Å². The lowest BCUT2D eigenvalue weighted by atomic mass is 10.2. The molecule has 2 aromatic carbocycles. The first kappa shape index (κ1) is 19.5. The predicted octanol–water partition coefficient (Wildman–Crippen LogP) is 3.78. The first-order chi connectivity index (χ1) is 13.3. The Kier molecular flexibility index (Phi) is 7.81. The van der Waals surface area contributed by atoms with Crippen LogP contribution in [-0.4, -0.2) is 32.4 Å². The van der Waals surface area contributed by atoms with Gasteiger partial charge in [-0.1, -0.05) is 25.0 Å². The van der Waals surface area contributed by atoms with Crippen molar-refractivity contribution in [2.75, 3.05) is 32.1 Å². The number of rotatable bonds is 11. The van der Waals surface area contributed by atoms with Crippen LogP contribution >= 0.6 is 0 Å². The number of nitrogens with one attached hydrogen (secondary N) is 1. The van der Waals surface area contributed by atoms with Crippen molar-refractivity contribution in [3.8, 4) is 11.5 Å². The van der Waals surface area contributed by atoms with Crippen LogP contribution in [0.15, 0.2) is 48.5 Å². The SMILES string of the molecule is Nc1ccc(COc2ccc(OCCOCCNC3CCCC3)cc2)cc1. The second-order valence-electron chi connectivity index (χ2n) is 6.90. The molecule has 3 rings (SSSR count). The number of hydrogen-bond donors (Lipinski definition) is 2. The number of hydrogen-bond acceptors (Lipinski definition) is 5. The molecule has 5 heteroatoms. The van der Waals surface area contributed by atoms with Gasteiger partial charge in [0.05, 0.1) is 13.2 Å². The third-order valence-electron chi connectivity index (χ3n) is 4.74. The summed E-state index contributed by atoms with van der Waals surface area (Å²) in [4.78, 5) is 0. The molecule has 0 bridgehead atoms. The highest BCUT2D eigenvalue weighted by molar-refractivity contribution is 5.39. The number of nitrogen functional groups attached to an aromatic ring is 1. The van der Waals surface area contributed by atoms with E-state index in [1.165, 1.54) is 25.7 Å². The van der Waals surface area contributed by atoms with E-state index < -0.39 is 0 Å². The van der Waals surface area contributed by atoms with Crippen LogP contribution < -0.4 is 20.5 Å². The highest BCUT2D eigenvalue weighted by atomic mass is 16.5. The van der Waals surface area contributed by atoms with E-state index in [0.29, 0.717) is 25.9 Å². The molecule has 0 spiro atoms. The summed E-state index contributed by atoms with van der Waals surface area (Å²) in [5.41, 5.74) is 7.53. The fraction of sp³-hybridized carbons (Fsp3) is 0.455. The molecule has 0 radical (unpaired) electrons. The Hall–Kier alpha value is -2.24. The average molecular weight is 370 g/mol. The maximum absolute atomic E-state index is 5.77. The van der Waals surface area contributed by atoms with Gasteiger partial charge in [0.25, 0.3) is 0 Å². The Morgan fingerprint density at radius 3 is 2.19 bits per heavy atom. The van der Waals surface area contributed by atoms with Crippen LogP contribution in [0.5, 0.6) is 11.5 Å². The molecule has 1 fully saturated rings. The standard InChI is InChI=1S/C22H30N2O3/c23-19-7-5-18(6-8-19)17-27-22-11-9-21(10-12-22)26-16-15-25-14-13-24-20-3-1-2-4-20/h5-12,20,24H,1-4,13-17,23H2. The molecule has 0 unspecified atom stereocenters. The van der Waals surface area contributed by atoms with Crippen LogP contribution in [0.25, 0.3) is 0 Å². The van der Waals surface area contributed by atoms with Gasteiger partial charge in [-0.25, -0.2) is 0 Å². The maximum Gasteiger partial charge on any atom is 0.120 e. The van der Waals surface area contributed by atoms with Gasteiger partial charge in [-0.3, -0.25) is 0 Å². The number of anilines is 1. The van der Waals surface area contributed by atoms with Gasteiger partial charge in [-0.15, -0.1) is 0 Å². The van der Waals surface area contributed by atoms with Crippen molar-refractivity contribution < 1.29 is 14.2 Å². The largest absolute Gasteiger partial charge is 0.491 e. The molecule has 5 nitrogen and oxygen atoms in total. The predicted molar refractivity (Wildman–Crippen MR) is 108 cm³/mol. The Balaban J connectivity index is 1.25. The maximum atomic E-state index is 5.77. The Labute approximate surface area is 161 Å². The zero-order valence-electron chi connectivity index (χ0n) is 15.9. The molecule has 2 aromatic rings. The normalized spacial score (nSPS) is 14.4. The first-order valence-electron chi connectivity index (χ1n) is 9.81. The molecule has 0 saturated heterocycles. The van der Waals surface area contributed by atoms with Crippen molar-refractivity contribution in [1.29, 1.82) is 0 Å². The minimum atomic E-state index is 0.517. The zero-order valence-corrected chi connectivity index (χ0v) is 15.9. The van der Waals surface area contributed by atoms with Gasteiger partial charge in [0.1, 0.15) is 24.7 Å². The Morgan fingerprint density at radius 1 is 0.815 bits per heavy atom. The van der Waals surface area contributed by atoms with Crippen LogP contribution in [0.4, 0.5) is 5.69 Å². The number of nitrogens with two attached hydrogens (primary N) is 1. The molecule has 0 aromatic heterocycles. The van der Waals surface area contributed by atoms with E-state index in [1.54, 1.807) is 0 Å².